The monoisotopic (exact) mass is 324 g/mol. The molecule has 6 heteroatoms. The van der Waals surface area contributed by atoms with Crippen LogP contribution >= 0.6 is 0 Å². The number of carbonyl (C=O) groups is 1. The molecule has 4 nitrogen and oxygen atoms in total. The highest BCUT2D eigenvalue weighted by Crippen LogP contribution is 2.41. The first-order valence-corrected chi connectivity index (χ1v) is 8.02. The molecule has 0 unspecified atom stereocenters. The summed E-state index contributed by atoms with van der Waals surface area (Å²) in [6, 6.07) is 3.36. The molecule has 2 aliphatic rings. The summed E-state index contributed by atoms with van der Waals surface area (Å²) in [5.74, 6) is -2.24. The fourth-order valence-electron chi connectivity index (χ4n) is 4.01. The third-order valence-corrected chi connectivity index (χ3v) is 5.47. The van der Waals surface area contributed by atoms with Crippen molar-refractivity contribution in [2.24, 2.45) is 5.41 Å². The van der Waals surface area contributed by atoms with Crippen LogP contribution in [0.2, 0.25) is 0 Å². The second kappa shape index (κ2) is 6.17. The summed E-state index contributed by atoms with van der Waals surface area (Å²) in [6.07, 6.45) is 2.74. The second-order valence-corrected chi connectivity index (χ2v) is 6.75. The van der Waals surface area contributed by atoms with Crippen molar-refractivity contribution in [2.75, 3.05) is 33.3 Å². The van der Waals surface area contributed by atoms with Gasteiger partial charge in [-0.2, -0.15) is 0 Å². The maximum atomic E-state index is 13.4. The Bertz CT molecular complexity index is 610. The third kappa shape index (κ3) is 2.85. The molecule has 0 bridgehead atoms. The Morgan fingerprint density at radius 2 is 2.09 bits per heavy atom. The molecule has 2 heterocycles. The van der Waals surface area contributed by atoms with E-state index in [4.69, 9.17) is 0 Å². The van der Waals surface area contributed by atoms with Crippen molar-refractivity contribution in [2.45, 2.75) is 25.3 Å². The molecular weight excluding hydrogens is 302 g/mol. The van der Waals surface area contributed by atoms with E-state index < -0.39 is 11.6 Å². The number of likely N-dealkylation sites (tertiary alicyclic amines) is 2. The molecule has 23 heavy (non-hydrogen) atoms. The van der Waals surface area contributed by atoms with E-state index in [0.717, 1.165) is 37.9 Å². The van der Waals surface area contributed by atoms with E-state index in [-0.39, 0.29) is 29.5 Å². The molecule has 2 fully saturated rings. The Morgan fingerprint density at radius 1 is 1.30 bits per heavy atom. The normalized spacial score (nSPS) is 28.5. The maximum absolute atomic E-state index is 13.4. The van der Waals surface area contributed by atoms with E-state index in [1.807, 2.05) is 7.05 Å². The lowest BCUT2D eigenvalue weighted by molar-refractivity contribution is -0.0601. The number of likely N-dealkylation sites (N-methyl/N-ethyl adjacent to an activating group) is 1. The second-order valence-electron chi connectivity index (χ2n) is 6.75. The van der Waals surface area contributed by atoms with Crippen LogP contribution in [0.4, 0.5) is 8.78 Å². The van der Waals surface area contributed by atoms with Gasteiger partial charge in [-0.1, -0.05) is 0 Å². The standard InChI is InChI=1S/C17H22F2N2O2/c1-20-7-2-5-17(11-22)6-8-21(10-15(17)20)16(23)12-3-4-13(18)14(19)9-12/h3-4,9,15,22H,2,5-8,10-11H2,1H3/t15-,17-/m1/s1. The zero-order chi connectivity index (χ0) is 16.6. The van der Waals surface area contributed by atoms with E-state index >= 15 is 0 Å². The number of amides is 1. The molecule has 1 N–H and O–H groups in total. The number of aliphatic hydroxyl groups excluding tert-OH is 1. The van der Waals surface area contributed by atoms with E-state index in [1.54, 1.807) is 4.90 Å². The van der Waals surface area contributed by atoms with Crippen molar-refractivity contribution in [1.82, 2.24) is 9.80 Å². The SMILES string of the molecule is CN1CCC[C@]2(CO)CCN(C(=O)c3ccc(F)c(F)c3)C[C@@H]12. The first kappa shape index (κ1) is 16.3. The summed E-state index contributed by atoms with van der Waals surface area (Å²) in [7, 11) is 2.01. The lowest BCUT2D eigenvalue weighted by Gasteiger charge is -2.53. The van der Waals surface area contributed by atoms with Crippen LogP contribution in [0.25, 0.3) is 0 Å². The van der Waals surface area contributed by atoms with Gasteiger partial charge in [-0.3, -0.25) is 4.79 Å². The van der Waals surface area contributed by atoms with Gasteiger partial charge in [0.2, 0.25) is 0 Å². The molecule has 126 valence electrons. The molecule has 1 aromatic carbocycles. The molecule has 3 rings (SSSR count). The summed E-state index contributed by atoms with van der Waals surface area (Å²) in [4.78, 5) is 16.5. The van der Waals surface area contributed by atoms with Crippen LogP contribution in [-0.4, -0.2) is 60.1 Å². The summed E-state index contributed by atoms with van der Waals surface area (Å²) in [5, 5.41) is 9.88. The predicted molar refractivity (Wildman–Crippen MR) is 82.0 cm³/mol. The smallest absolute Gasteiger partial charge is 0.254 e. The lowest BCUT2D eigenvalue weighted by Crippen LogP contribution is -2.62. The summed E-state index contributed by atoms with van der Waals surface area (Å²) >= 11 is 0. The molecule has 0 aromatic heterocycles. The van der Waals surface area contributed by atoms with Gasteiger partial charge < -0.3 is 14.9 Å². The summed E-state index contributed by atoms with van der Waals surface area (Å²) < 4.78 is 26.4. The quantitative estimate of drug-likeness (QED) is 0.903. The number of benzene rings is 1. The molecule has 2 aliphatic heterocycles. The largest absolute Gasteiger partial charge is 0.396 e. The zero-order valence-corrected chi connectivity index (χ0v) is 13.3. The van der Waals surface area contributed by atoms with Crippen molar-refractivity contribution in [3.63, 3.8) is 0 Å². The van der Waals surface area contributed by atoms with Gasteiger partial charge in [0, 0.05) is 30.1 Å². The van der Waals surface area contributed by atoms with Gasteiger partial charge in [0.1, 0.15) is 0 Å². The van der Waals surface area contributed by atoms with Crippen LogP contribution in [0.3, 0.4) is 0 Å². The van der Waals surface area contributed by atoms with Gasteiger partial charge in [-0.05, 0) is 51.1 Å². The van der Waals surface area contributed by atoms with E-state index in [2.05, 4.69) is 4.90 Å². The Morgan fingerprint density at radius 3 is 2.78 bits per heavy atom. The molecule has 0 spiro atoms. The minimum absolute atomic E-state index is 0.101. The van der Waals surface area contributed by atoms with Crippen LogP contribution in [0.5, 0.6) is 0 Å². The zero-order valence-electron chi connectivity index (χ0n) is 13.3. The topological polar surface area (TPSA) is 43.8 Å². The minimum Gasteiger partial charge on any atom is -0.396 e. The third-order valence-electron chi connectivity index (χ3n) is 5.47. The first-order chi connectivity index (χ1) is 11.0. The molecule has 1 amide bonds. The van der Waals surface area contributed by atoms with Gasteiger partial charge in [-0.15, -0.1) is 0 Å². The van der Waals surface area contributed by atoms with Gasteiger partial charge in [0.05, 0.1) is 6.61 Å². The number of hydrogen-bond donors (Lipinski definition) is 1. The van der Waals surface area contributed by atoms with Crippen LogP contribution in [0.15, 0.2) is 18.2 Å². The predicted octanol–water partition coefficient (Wildman–Crippen LogP) is 1.88. The molecule has 1 aromatic rings. The fourth-order valence-corrected chi connectivity index (χ4v) is 4.01. The van der Waals surface area contributed by atoms with Crippen molar-refractivity contribution in [3.05, 3.63) is 35.4 Å². The van der Waals surface area contributed by atoms with E-state index in [0.29, 0.717) is 13.1 Å². The van der Waals surface area contributed by atoms with Gasteiger partial charge >= 0.3 is 0 Å². The van der Waals surface area contributed by atoms with E-state index in [9.17, 15) is 18.7 Å². The average Bonchev–Trinajstić information content (AvgIpc) is 2.56. The highest BCUT2D eigenvalue weighted by Gasteiger charge is 2.47. The van der Waals surface area contributed by atoms with Crippen molar-refractivity contribution < 1.29 is 18.7 Å². The van der Waals surface area contributed by atoms with Crippen LogP contribution < -0.4 is 0 Å². The molecule has 0 radical (unpaired) electrons. The van der Waals surface area contributed by atoms with Gasteiger partial charge in [-0.25, -0.2) is 8.78 Å². The number of carbonyl (C=O) groups excluding carboxylic acids is 1. The lowest BCUT2D eigenvalue weighted by atomic mass is 9.69. The molecule has 0 aliphatic carbocycles. The van der Waals surface area contributed by atoms with Crippen molar-refractivity contribution in [1.29, 1.82) is 0 Å². The maximum Gasteiger partial charge on any atom is 0.254 e. The van der Waals surface area contributed by atoms with Gasteiger partial charge in [0.25, 0.3) is 5.91 Å². The number of piperidine rings is 2. The Balaban J connectivity index is 1.80. The number of aliphatic hydroxyl groups is 1. The average molecular weight is 324 g/mol. The molecular formula is C17H22F2N2O2. The molecule has 2 atom stereocenters. The Kier molecular flexibility index (Phi) is 4.38. The van der Waals surface area contributed by atoms with Crippen molar-refractivity contribution in [3.8, 4) is 0 Å². The first-order valence-electron chi connectivity index (χ1n) is 8.02. The van der Waals surface area contributed by atoms with Crippen LogP contribution in [-0.2, 0) is 0 Å². The molecule has 2 saturated heterocycles. The van der Waals surface area contributed by atoms with Crippen LogP contribution in [0.1, 0.15) is 29.6 Å². The van der Waals surface area contributed by atoms with Crippen molar-refractivity contribution >= 4 is 5.91 Å². The summed E-state index contributed by atoms with van der Waals surface area (Å²) in [5.41, 5.74) is 0.0107. The highest BCUT2D eigenvalue weighted by atomic mass is 19.2. The minimum atomic E-state index is -1.01. The number of nitrogens with zero attached hydrogens (tertiary/aromatic N) is 2. The number of hydrogen-bond acceptors (Lipinski definition) is 3. The summed E-state index contributed by atoms with van der Waals surface area (Å²) in [6.45, 7) is 2.10. The number of rotatable bonds is 2. The molecule has 0 saturated carbocycles. The number of halogens is 2. The Hall–Kier alpha value is -1.53. The van der Waals surface area contributed by atoms with Crippen LogP contribution in [0, 0.1) is 17.0 Å². The van der Waals surface area contributed by atoms with E-state index in [1.165, 1.54) is 6.07 Å². The highest BCUT2D eigenvalue weighted by molar-refractivity contribution is 5.94. The fraction of sp³-hybridized carbons (Fsp3) is 0.588. The Labute approximate surface area is 134 Å². The van der Waals surface area contributed by atoms with Gasteiger partial charge in [0.15, 0.2) is 11.6 Å². The number of fused-ring (bicyclic) bond motifs is 1.